The molecule has 2 heterocycles. The lowest BCUT2D eigenvalue weighted by Gasteiger charge is -2.38. The Morgan fingerprint density at radius 2 is 1.53 bits per heavy atom. The van der Waals surface area contributed by atoms with Crippen LogP contribution in [-0.2, 0) is 9.53 Å². The van der Waals surface area contributed by atoms with Gasteiger partial charge in [0.2, 0.25) is 5.91 Å². The molecule has 1 atom stereocenters. The molecule has 0 spiro atoms. The van der Waals surface area contributed by atoms with Crippen LogP contribution in [0.15, 0.2) is 30.9 Å². The predicted octanol–water partition coefficient (Wildman–Crippen LogP) is 6.30. The number of ether oxygens (including phenoxy) is 1. The fraction of sp³-hybridized carbons (Fsp3) is 0.552. The smallest absolute Gasteiger partial charge is 0.410 e. The van der Waals surface area contributed by atoms with Crippen molar-refractivity contribution in [1.29, 1.82) is 0 Å². The van der Waals surface area contributed by atoms with Crippen LogP contribution in [0, 0.1) is 11.5 Å². The van der Waals surface area contributed by atoms with E-state index >= 15 is 0 Å². The number of carbonyl (C=O) groups is 2. The maximum absolute atomic E-state index is 13.0. The zero-order valence-electron chi connectivity index (χ0n) is 24.7. The van der Waals surface area contributed by atoms with Gasteiger partial charge in [0.15, 0.2) is 0 Å². The molecule has 1 unspecified atom stereocenters. The molecule has 0 fully saturated rings. The fourth-order valence-corrected chi connectivity index (χ4v) is 10.00. The van der Waals surface area contributed by atoms with Crippen molar-refractivity contribution < 1.29 is 14.3 Å². The standard InChI is InChI=1S/C29H43N5O3Si/c1-19(2)38(20(3)4,21(5)6)15-14-25-24(23-16-30-18-31-17-23)12-13-26(32-25)33-27(35)22(7)34(11)28(36)37-29(8,9)10/h12-13,16-22H,1-11H3,(H,32,33,35). The van der Waals surface area contributed by atoms with Crippen LogP contribution in [0.25, 0.3) is 11.1 Å². The van der Waals surface area contributed by atoms with Crippen molar-refractivity contribution >= 4 is 25.9 Å². The van der Waals surface area contributed by atoms with E-state index in [1.54, 1.807) is 46.2 Å². The highest BCUT2D eigenvalue weighted by molar-refractivity contribution is 6.90. The van der Waals surface area contributed by atoms with Crippen molar-refractivity contribution in [2.45, 2.75) is 97.5 Å². The molecule has 2 amide bonds. The monoisotopic (exact) mass is 537 g/mol. The van der Waals surface area contributed by atoms with E-state index in [2.05, 4.69) is 68.3 Å². The molecular weight excluding hydrogens is 494 g/mol. The number of likely N-dealkylation sites (N-methyl/N-ethyl adjacent to an activating group) is 1. The molecule has 0 aliphatic heterocycles. The Morgan fingerprint density at radius 1 is 0.974 bits per heavy atom. The molecule has 0 saturated carbocycles. The summed E-state index contributed by atoms with van der Waals surface area (Å²) in [7, 11) is -0.490. The molecule has 2 rings (SSSR count). The normalized spacial score (nSPS) is 12.7. The highest BCUT2D eigenvalue weighted by Gasteiger charge is 2.41. The largest absolute Gasteiger partial charge is 0.444 e. The van der Waals surface area contributed by atoms with E-state index in [9.17, 15) is 9.59 Å². The number of amides is 2. The van der Waals surface area contributed by atoms with Gasteiger partial charge < -0.3 is 10.1 Å². The number of hydrogen-bond donors (Lipinski definition) is 1. The molecule has 0 aromatic carbocycles. The zero-order chi connectivity index (χ0) is 28.8. The summed E-state index contributed by atoms with van der Waals surface area (Å²) >= 11 is 0. The first-order valence-electron chi connectivity index (χ1n) is 13.2. The first-order chi connectivity index (χ1) is 17.6. The summed E-state index contributed by atoms with van der Waals surface area (Å²) in [6.45, 7) is 20.6. The van der Waals surface area contributed by atoms with Crippen LogP contribution < -0.4 is 5.32 Å². The highest BCUT2D eigenvalue weighted by Crippen LogP contribution is 2.41. The van der Waals surface area contributed by atoms with E-state index < -0.39 is 25.8 Å². The van der Waals surface area contributed by atoms with Crippen LogP contribution in [0.2, 0.25) is 16.6 Å². The fourth-order valence-electron chi connectivity index (χ4n) is 4.79. The Morgan fingerprint density at radius 3 is 2.03 bits per heavy atom. The number of hydrogen-bond acceptors (Lipinski definition) is 6. The van der Waals surface area contributed by atoms with Crippen molar-refractivity contribution in [3.8, 4) is 22.6 Å². The van der Waals surface area contributed by atoms with Gasteiger partial charge in [0.25, 0.3) is 0 Å². The molecular formula is C29H43N5O3Si. The predicted molar refractivity (Wildman–Crippen MR) is 155 cm³/mol. The minimum Gasteiger partial charge on any atom is -0.444 e. The van der Waals surface area contributed by atoms with Crippen molar-refractivity contribution in [3.05, 3.63) is 36.5 Å². The molecule has 2 aromatic rings. The Balaban J connectivity index is 2.48. The van der Waals surface area contributed by atoms with Crippen LogP contribution in [0.5, 0.6) is 0 Å². The third-order valence-corrected chi connectivity index (χ3v) is 13.2. The van der Waals surface area contributed by atoms with E-state index in [0.717, 1.165) is 11.1 Å². The first-order valence-corrected chi connectivity index (χ1v) is 15.4. The van der Waals surface area contributed by atoms with E-state index in [0.29, 0.717) is 28.1 Å². The maximum Gasteiger partial charge on any atom is 0.410 e. The van der Waals surface area contributed by atoms with Crippen molar-refractivity contribution in [3.63, 3.8) is 0 Å². The molecule has 0 saturated heterocycles. The van der Waals surface area contributed by atoms with E-state index in [4.69, 9.17) is 9.72 Å². The van der Waals surface area contributed by atoms with Crippen molar-refractivity contribution in [2.24, 2.45) is 0 Å². The Labute approximate surface area is 229 Å². The van der Waals surface area contributed by atoms with Crippen LogP contribution in [0.4, 0.5) is 10.6 Å². The molecule has 9 heteroatoms. The quantitative estimate of drug-likeness (QED) is 0.329. The molecule has 0 radical (unpaired) electrons. The van der Waals surface area contributed by atoms with Gasteiger partial charge in [-0.1, -0.05) is 47.5 Å². The molecule has 1 N–H and O–H groups in total. The lowest BCUT2D eigenvalue weighted by molar-refractivity contribution is -0.120. The van der Waals surface area contributed by atoms with Gasteiger partial charge in [-0.15, -0.1) is 5.54 Å². The molecule has 0 bridgehead atoms. The average molecular weight is 538 g/mol. The second-order valence-corrected chi connectivity index (χ2v) is 17.2. The summed E-state index contributed by atoms with van der Waals surface area (Å²) in [5, 5.41) is 2.84. The summed E-state index contributed by atoms with van der Waals surface area (Å²) in [5.41, 5.74) is 6.61. The molecule has 38 heavy (non-hydrogen) atoms. The minimum absolute atomic E-state index is 0.357. The van der Waals surface area contributed by atoms with Crippen LogP contribution >= 0.6 is 0 Å². The number of nitrogens with one attached hydrogen (secondary N) is 1. The Bertz CT molecular complexity index is 1160. The summed E-state index contributed by atoms with van der Waals surface area (Å²) in [4.78, 5) is 39.8. The number of nitrogens with zero attached hydrogens (tertiary/aromatic N) is 4. The SMILES string of the molecule is CC(C(=O)Nc1ccc(-c2cncnc2)c(C#C[Si](C(C)C)(C(C)C)C(C)C)n1)N(C)C(=O)OC(C)(C)C. The number of aromatic nitrogens is 3. The van der Waals surface area contributed by atoms with Gasteiger partial charge in [0, 0.05) is 30.6 Å². The topological polar surface area (TPSA) is 97.3 Å². The van der Waals surface area contributed by atoms with Gasteiger partial charge in [-0.2, -0.15) is 0 Å². The van der Waals surface area contributed by atoms with Gasteiger partial charge in [-0.3, -0.25) is 9.69 Å². The van der Waals surface area contributed by atoms with Gasteiger partial charge in [-0.25, -0.2) is 19.7 Å². The number of rotatable bonds is 7. The van der Waals surface area contributed by atoms with E-state index in [1.807, 2.05) is 6.07 Å². The Hall–Kier alpha value is -3.25. The second kappa shape index (κ2) is 12.5. The van der Waals surface area contributed by atoms with Crippen molar-refractivity contribution in [2.75, 3.05) is 12.4 Å². The molecule has 0 aliphatic carbocycles. The van der Waals surface area contributed by atoms with E-state index in [-0.39, 0.29) is 5.91 Å². The summed E-state index contributed by atoms with van der Waals surface area (Å²) < 4.78 is 5.39. The Kier molecular flexibility index (Phi) is 10.2. The number of anilines is 1. The van der Waals surface area contributed by atoms with Crippen LogP contribution in [-0.4, -0.2) is 58.6 Å². The van der Waals surface area contributed by atoms with Crippen molar-refractivity contribution in [1.82, 2.24) is 19.9 Å². The van der Waals surface area contributed by atoms with Gasteiger partial charge in [0.05, 0.1) is 0 Å². The first kappa shape index (κ1) is 31.0. The van der Waals surface area contributed by atoms with Gasteiger partial charge in [-0.05, 0) is 56.5 Å². The third-order valence-electron chi connectivity index (χ3n) is 6.92. The zero-order valence-corrected chi connectivity index (χ0v) is 25.7. The third kappa shape index (κ3) is 7.41. The molecule has 8 nitrogen and oxygen atoms in total. The van der Waals surface area contributed by atoms with Crippen LogP contribution in [0.3, 0.4) is 0 Å². The van der Waals surface area contributed by atoms with E-state index in [1.165, 1.54) is 18.3 Å². The average Bonchev–Trinajstić information content (AvgIpc) is 2.82. The molecule has 206 valence electrons. The summed E-state index contributed by atoms with van der Waals surface area (Å²) in [6, 6.07) is 2.83. The second-order valence-electron chi connectivity index (χ2n) is 11.6. The molecule has 0 aliphatic rings. The minimum atomic E-state index is -2.03. The van der Waals surface area contributed by atoms with Gasteiger partial charge >= 0.3 is 6.09 Å². The molecule has 2 aromatic heterocycles. The lowest BCUT2D eigenvalue weighted by Crippen LogP contribution is -2.45. The van der Waals surface area contributed by atoms with Crippen LogP contribution in [0.1, 0.15) is 74.9 Å². The number of pyridine rings is 1. The van der Waals surface area contributed by atoms with Gasteiger partial charge in [0.1, 0.15) is 37.6 Å². The summed E-state index contributed by atoms with van der Waals surface area (Å²) in [6.07, 6.45) is 4.36. The lowest BCUT2D eigenvalue weighted by atomic mass is 10.1. The number of carbonyl (C=O) groups excluding carboxylic acids is 2. The highest BCUT2D eigenvalue weighted by atomic mass is 28.3. The maximum atomic E-state index is 13.0. The summed E-state index contributed by atoms with van der Waals surface area (Å²) in [5.74, 6) is 3.39.